The standard InChI is InChI=1S/C20H14BrClN2O2S/c21-11-3-5-17(25)14(8-11)20-24-16(10-15(23-24)19-2-1-7-27-19)13-9-12(22)4-6-18(13)26-20/h1-9,16,20,25H,10H2/t16-,20+/m1/s1. The van der Waals surface area contributed by atoms with Gasteiger partial charge in [-0.3, -0.25) is 0 Å². The Kier molecular flexibility index (Phi) is 4.15. The third kappa shape index (κ3) is 2.92. The van der Waals surface area contributed by atoms with E-state index in [0.717, 1.165) is 32.8 Å². The Bertz CT molecular complexity index is 1050. The van der Waals surface area contributed by atoms with Crippen LogP contribution >= 0.6 is 38.9 Å². The van der Waals surface area contributed by atoms with E-state index in [2.05, 4.69) is 22.0 Å². The molecule has 2 aromatic carbocycles. The summed E-state index contributed by atoms with van der Waals surface area (Å²) >= 11 is 11.4. The molecule has 0 radical (unpaired) electrons. The van der Waals surface area contributed by atoms with E-state index < -0.39 is 6.23 Å². The highest BCUT2D eigenvalue weighted by Crippen LogP contribution is 2.49. The van der Waals surface area contributed by atoms with Gasteiger partial charge in [0.25, 0.3) is 0 Å². The molecule has 0 amide bonds. The molecule has 27 heavy (non-hydrogen) atoms. The number of hydrogen-bond acceptors (Lipinski definition) is 5. The molecule has 136 valence electrons. The lowest BCUT2D eigenvalue weighted by Crippen LogP contribution is -2.33. The van der Waals surface area contributed by atoms with Crippen molar-refractivity contribution in [3.8, 4) is 11.5 Å². The Hall–Kier alpha value is -2.02. The van der Waals surface area contributed by atoms with E-state index in [9.17, 15) is 5.11 Å². The molecule has 0 spiro atoms. The van der Waals surface area contributed by atoms with Gasteiger partial charge in [-0.15, -0.1) is 11.3 Å². The molecule has 0 saturated heterocycles. The molecular formula is C20H14BrClN2O2S. The molecule has 1 N–H and O–H groups in total. The molecule has 5 rings (SSSR count). The summed E-state index contributed by atoms with van der Waals surface area (Å²) in [5, 5.41) is 20.0. The number of halogens is 2. The van der Waals surface area contributed by atoms with Gasteiger partial charge in [0.2, 0.25) is 6.23 Å². The first-order chi connectivity index (χ1) is 13.1. The first kappa shape index (κ1) is 17.1. The van der Waals surface area contributed by atoms with Crippen LogP contribution in [0, 0.1) is 0 Å². The van der Waals surface area contributed by atoms with E-state index in [0.29, 0.717) is 10.6 Å². The van der Waals surface area contributed by atoms with Gasteiger partial charge in [0.05, 0.1) is 22.2 Å². The van der Waals surface area contributed by atoms with E-state index in [-0.39, 0.29) is 11.8 Å². The average Bonchev–Trinajstić information content (AvgIpc) is 3.32. The number of thiophene rings is 1. The summed E-state index contributed by atoms with van der Waals surface area (Å²) in [5.41, 5.74) is 2.71. The Morgan fingerprint density at radius 1 is 1.19 bits per heavy atom. The number of phenols is 1. The maximum atomic E-state index is 10.5. The van der Waals surface area contributed by atoms with Gasteiger partial charge in [-0.25, -0.2) is 5.01 Å². The topological polar surface area (TPSA) is 45.1 Å². The van der Waals surface area contributed by atoms with Gasteiger partial charge in [0, 0.05) is 21.5 Å². The third-order valence-corrected chi connectivity index (χ3v) is 6.46. The molecule has 2 atom stereocenters. The van der Waals surface area contributed by atoms with Crippen molar-refractivity contribution in [2.75, 3.05) is 0 Å². The largest absolute Gasteiger partial charge is 0.507 e. The molecule has 2 aliphatic rings. The molecule has 0 bridgehead atoms. The normalized spacial score (nSPS) is 20.7. The van der Waals surface area contributed by atoms with Crippen LogP contribution in [0.3, 0.4) is 0 Å². The molecule has 0 aliphatic carbocycles. The van der Waals surface area contributed by atoms with Gasteiger partial charge in [0.15, 0.2) is 0 Å². The maximum absolute atomic E-state index is 10.5. The number of hydrogen-bond donors (Lipinski definition) is 1. The van der Waals surface area contributed by atoms with Gasteiger partial charge in [-0.05, 0) is 47.8 Å². The van der Waals surface area contributed by atoms with Gasteiger partial charge < -0.3 is 9.84 Å². The van der Waals surface area contributed by atoms with Gasteiger partial charge >= 0.3 is 0 Å². The second kappa shape index (κ2) is 6.55. The summed E-state index contributed by atoms with van der Waals surface area (Å²) in [5.74, 6) is 0.951. The van der Waals surface area contributed by atoms with Crippen molar-refractivity contribution in [3.05, 3.63) is 79.4 Å². The van der Waals surface area contributed by atoms with Gasteiger partial charge in [-0.2, -0.15) is 5.10 Å². The lowest BCUT2D eigenvalue weighted by atomic mass is 9.97. The fourth-order valence-electron chi connectivity index (χ4n) is 3.58. The first-order valence-electron chi connectivity index (χ1n) is 8.44. The summed E-state index contributed by atoms with van der Waals surface area (Å²) in [6.45, 7) is 0. The van der Waals surface area contributed by atoms with Crippen LogP contribution in [0.4, 0.5) is 0 Å². The molecular weight excluding hydrogens is 448 g/mol. The molecule has 2 aliphatic heterocycles. The van der Waals surface area contributed by atoms with E-state index in [1.807, 2.05) is 40.7 Å². The Labute approximate surface area is 173 Å². The minimum absolute atomic E-state index is 0.00734. The molecule has 3 aromatic rings. The highest BCUT2D eigenvalue weighted by atomic mass is 79.9. The van der Waals surface area contributed by atoms with Crippen LogP contribution in [0.15, 0.2) is 63.5 Å². The molecule has 0 unspecified atom stereocenters. The zero-order valence-corrected chi connectivity index (χ0v) is 17.1. The number of fused-ring (bicyclic) bond motifs is 3. The first-order valence-corrected chi connectivity index (χ1v) is 10.5. The van der Waals surface area contributed by atoms with Crippen LogP contribution < -0.4 is 4.74 Å². The van der Waals surface area contributed by atoms with Crippen molar-refractivity contribution < 1.29 is 9.84 Å². The number of nitrogens with zero attached hydrogens (tertiary/aromatic N) is 2. The lowest BCUT2D eigenvalue weighted by molar-refractivity contribution is -0.0203. The summed E-state index contributed by atoms with van der Waals surface area (Å²) in [4.78, 5) is 1.14. The molecule has 4 nitrogen and oxygen atoms in total. The van der Waals surface area contributed by atoms with E-state index in [1.165, 1.54) is 0 Å². The molecule has 0 fully saturated rings. The minimum Gasteiger partial charge on any atom is -0.507 e. The van der Waals surface area contributed by atoms with Crippen molar-refractivity contribution in [1.29, 1.82) is 0 Å². The van der Waals surface area contributed by atoms with E-state index in [4.69, 9.17) is 21.4 Å². The van der Waals surface area contributed by atoms with Crippen LogP contribution in [-0.2, 0) is 0 Å². The van der Waals surface area contributed by atoms with E-state index >= 15 is 0 Å². The zero-order chi connectivity index (χ0) is 18.5. The number of rotatable bonds is 2. The monoisotopic (exact) mass is 460 g/mol. The fraction of sp³-hybridized carbons (Fsp3) is 0.150. The average molecular weight is 462 g/mol. The van der Waals surface area contributed by atoms with Crippen molar-refractivity contribution in [2.24, 2.45) is 5.10 Å². The molecule has 3 heterocycles. The fourth-order valence-corrected chi connectivity index (χ4v) is 4.86. The number of hydrazone groups is 1. The Morgan fingerprint density at radius 2 is 2.07 bits per heavy atom. The van der Waals surface area contributed by atoms with Crippen LogP contribution in [-0.4, -0.2) is 15.8 Å². The summed E-state index contributed by atoms with van der Waals surface area (Å²) in [6.07, 6.45) is 0.251. The van der Waals surface area contributed by atoms with Crippen LogP contribution in [0.2, 0.25) is 5.02 Å². The number of benzene rings is 2. The van der Waals surface area contributed by atoms with Crippen LogP contribution in [0.5, 0.6) is 11.5 Å². The smallest absolute Gasteiger partial charge is 0.217 e. The SMILES string of the molecule is Oc1ccc(Br)cc1[C@@H]1Oc2ccc(Cl)cc2[C@H]2CC(c3cccs3)=NN21. The predicted octanol–water partition coefficient (Wildman–Crippen LogP) is 6.11. The lowest BCUT2D eigenvalue weighted by Gasteiger charge is -2.38. The zero-order valence-electron chi connectivity index (χ0n) is 14.0. The van der Waals surface area contributed by atoms with Crippen molar-refractivity contribution >= 4 is 44.6 Å². The maximum Gasteiger partial charge on any atom is 0.217 e. The van der Waals surface area contributed by atoms with Gasteiger partial charge in [-0.1, -0.05) is 33.6 Å². The van der Waals surface area contributed by atoms with Crippen LogP contribution in [0.25, 0.3) is 0 Å². The van der Waals surface area contributed by atoms with Gasteiger partial charge in [0.1, 0.15) is 11.5 Å². The number of phenolic OH excluding ortho intramolecular Hbond substituents is 1. The van der Waals surface area contributed by atoms with Crippen LogP contribution in [0.1, 0.15) is 34.7 Å². The minimum atomic E-state index is -0.515. The quantitative estimate of drug-likeness (QED) is 0.500. The number of aromatic hydroxyl groups is 1. The second-order valence-electron chi connectivity index (χ2n) is 6.48. The Balaban J connectivity index is 1.65. The van der Waals surface area contributed by atoms with Crippen molar-refractivity contribution in [2.45, 2.75) is 18.7 Å². The molecule has 1 aromatic heterocycles. The summed E-state index contributed by atoms with van der Waals surface area (Å²) in [7, 11) is 0. The third-order valence-electron chi connectivity index (χ3n) is 4.81. The predicted molar refractivity (Wildman–Crippen MR) is 111 cm³/mol. The van der Waals surface area contributed by atoms with Crippen molar-refractivity contribution in [1.82, 2.24) is 5.01 Å². The highest BCUT2D eigenvalue weighted by molar-refractivity contribution is 9.10. The summed E-state index contributed by atoms with van der Waals surface area (Å²) in [6, 6.07) is 15.1. The van der Waals surface area contributed by atoms with E-state index in [1.54, 1.807) is 23.5 Å². The second-order valence-corrected chi connectivity index (χ2v) is 8.78. The Morgan fingerprint density at radius 3 is 2.89 bits per heavy atom. The number of ether oxygens (including phenoxy) is 1. The molecule has 0 saturated carbocycles. The van der Waals surface area contributed by atoms with Crippen molar-refractivity contribution in [3.63, 3.8) is 0 Å². The molecule has 7 heteroatoms. The highest BCUT2D eigenvalue weighted by Gasteiger charge is 2.42. The summed E-state index contributed by atoms with van der Waals surface area (Å²) < 4.78 is 7.15.